The summed E-state index contributed by atoms with van der Waals surface area (Å²) >= 11 is 3.27. The molecule has 0 unspecified atom stereocenters. The lowest BCUT2D eigenvalue weighted by atomic mass is 10.4. The van der Waals surface area contributed by atoms with E-state index in [-0.39, 0.29) is 62.7 Å². The van der Waals surface area contributed by atoms with Crippen molar-refractivity contribution in [2.75, 3.05) is 11.5 Å². The van der Waals surface area contributed by atoms with Gasteiger partial charge in [-0.05, 0) is 0 Å². The van der Waals surface area contributed by atoms with Crippen LogP contribution in [0.5, 0.6) is 0 Å². The van der Waals surface area contributed by atoms with Crippen molar-refractivity contribution < 1.29 is 0 Å². The lowest BCUT2D eigenvalue weighted by Crippen LogP contribution is -2.03. The highest BCUT2D eigenvalue weighted by Crippen LogP contribution is 2.15. The Morgan fingerprint density at radius 2 is 1.71 bits per heavy atom. The van der Waals surface area contributed by atoms with Gasteiger partial charge in [-0.15, -0.1) is 50.9 Å². The highest BCUT2D eigenvalue weighted by atomic mass is 79.9. The van der Waals surface area contributed by atoms with E-state index in [4.69, 9.17) is 11.5 Å². The van der Waals surface area contributed by atoms with Crippen molar-refractivity contribution >= 4 is 89.8 Å². The Labute approximate surface area is 137 Å². The highest BCUT2D eigenvalue weighted by Gasteiger charge is 2.06. The second-order valence-corrected chi connectivity index (χ2v) is 3.19. The van der Waals surface area contributed by atoms with Crippen molar-refractivity contribution in [2.45, 2.75) is 5.33 Å². The maximum Gasteiger partial charge on any atom is 0.224 e. The summed E-state index contributed by atoms with van der Waals surface area (Å²) in [5.74, 6) is 0.360. The molecule has 0 amide bonds. The molecule has 10 heteroatoms. The Morgan fingerprint density at radius 1 is 1.06 bits per heavy atom. The van der Waals surface area contributed by atoms with Crippen molar-refractivity contribution in [3.8, 4) is 0 Å². The number of rotatable bonds is 1. The van der Waals surface area contributed by atoms with Gasteiger partial charge in [-0.2, -0.15) is 9.97 Å². The molecule has 2 rings (SSSR count). The summed E-state index contributed by atoms with van der Waals surface area (Å²) in [7, 11) is 0. The maximum absolute atomic E-state index is 5.63. The SMILES string of the molecule is Br.Br.Br.Nc1nc(N)c2nc(CBr)cnc2n1. The summed E-state index contributed by atoms with van der Waals surface area (Å²) in [6.07, 6.45) is 1.61. The molecule has 0 spiro atoms. The third-order valence-electron chi connectivity index (χ3n) is 1.64. The molecule has 0 radical (unpaired) electrons. The minimum Gasteiger partial charge on any atom is -0.382 e. The third kappa shape index (κ3) is 4.27. The first-order valence-corrected chi connectivity index (χ1v) is 4.93. The van der Waals surface area contributed by atoms with E-state index in [0.29, 0.717) is 16.5 Å². The van der Waals surface area contributed by atoms with Crippen molar-refractivity contribution in [2.24, 2.45) is 0 Å². The smallest absolute Gasteiger partial charge is 0.224 e. The minimum atomic E-state index is 0. The van der Waals surface area contributed by atoms with Gasteiger partial charge in [0.1, 0.15) is 0 Å². The number of alkyl halides is 1. The first kappa shape index (κ1) is 19.3. The first-order valence-electron chi connectivity index (χ1n) is 3.81. The van der Waals surface area contributed by atoms with Gasteiger partial charge in [0.25, 0.3) is 0 Å². The average Bonchev–Trinajstić information content (AvgIpc) is 2.17. The molecule has 0 aliphatic carbocycles. The van der Waals surface area contributed by atoms with Crippen LogP contribution in [0, 0.1) is 0 Å². The number of fused-ring (bicyclic) bond motifs is 1. The van der Waals surface area contributed by atoms with E-state index in [1.54, 1.807) is 6.20 Å². The maximum atomic E-state index is 5.63. The average molecular weight is 498 g/mol. The van der Waals surface area contributed by atoms with E-state index in [0.717, 1.165) is 5.69 Å². The van der Waals surface area contributed by atoms with E-state index >= 15 is 0 Å². The highest BCUT2D eigenvalue weighted by molar-refractivity contribution is 9.08. The molecule has 17 heavy (non-hydrogen) atoms. The van der Waals surface area contributed by atoms with E-state index in [9.17, 15) is 0 Å². The Morgan fingerprint density at radius 3 is 2.29 bits per heavy atom. The fourth-order valence-corrected chi connectivity index (χ4v) is 1.32. The zero-order valence-corrected chi connectivity index (χ0v) is 15.1. The largest absolute Gasteiger partial charge is 0.382 e. The summed E-state index contributed by atoms with van der Waals surface area (Å²) in [5.41, 5.74) is 12.7. The molecule has 0 saturated heterocycles. The number of hydrogen-bond acceptors (Lipinski definition) is 6. The lowest BCUT2D eigenvalue weighted by Gasteiger charge is -2.01. The quantitative estimate of drug-likeness (QED) is 0.586. The molecular weight excluding hydrogens is 488 g/mol. The van der Waals surface area contributed by atoms with Gasteiger partial charge in [-0.25, -0.2) is 9.97 Å². The molecule has 0 aliphatic rings. The van der Waals surface area contributed by atoms with Crippen LogP contribution in [0.4, 0.5) is 11.8 Å². The zero-order chi connectivity index (χ0) is 10.1. The van der Waals surface area contributed by atoms with Gasteiger partial charge in [-0.3, -0.25) is 0 Å². The molecule has 4 N–H and O–H groups in total. The first-order chi connectivity index (χ1) is 6.70. The number of nitrogen functional groups attached to an aromatic ring is 2. The van der Waals surface area contributed by atoms with Gasteiger partial charge in [-0.1, -0.05) is 15.9 Å². The monoisotopic (exact) mass is 494 g/mol. The summed E-state index contributed by atoms with van der Waals surface area (Å²) in [5, 5.41) is 0.611. The van der Waals surface area contributed by atoms with Crippen molar-refractivity contribution in [3.05, 3.63) is 11.9 Å². The Bertz CT molecular complexity index is 493. The number of aromatic nitrogens is 4. The number of halogens is 4. The Hall–Kier alpha value is -0.0600. The van der Waals surface area contributed by atoms with Gasteiger partial charge in [0.15, 0.2) is 17.0 Å². The van der Waals surface area contributed by atoms with Crippen LogP contribution in [0.3, 0.4) is 0 Å². The molecule has 2 aromatic heterocycles. The van der Waals surface area contributed by atoms with Crippen LogP contribution >= 0.6 is 66.9 Å². The number of nitrogens with two attached hydrogens (primary N) is 2. The minimum absolute atomic E-state index is 0. The van der Waals surface area contributed by atoms with Crippen LogP contribution in [0.2, 0.25) is 0 Å². The van der Waals surface area contributed by atoms with E-state index in [1.807, 2.05) is 0 Å². The summed E-state index contributed by atoms with van der Waals surface area (Å²) in [6, 6.07) is 0. The van der Waals surface area contributed by atoms with E-state index in [2.05, 4.69) is 35.9 Å². The fourth-order valence-electron chi connectivity index (χ4n) is 1.05. The molecule has 0 atom stereocenters. The summed E-state index contributed by atoms with van der Waals surface area (Å²) in [4.78, 5) is 16.0. The molecule has 2 aromatic rings. The van der Waals surface area contributed by atoms with Crippen LogP contribution in [0.15, 0.2) is 6.20 Å². The molecule has 2 heterocycles. The van der Waals surface area contributed by atoms with Gasteiger partial charge in [0, 0.05) is 5.33 Å². The van der Waals surface area contributed by atoms with Gasteiger partial charge < -0.3 is 11.5 Å². The second-order valence-electron chi connectivity index (χ2n) is 2.63. The Balaban J connectivity index is 0. The molecule has 0 fully saturated rings. The molecule has 0 bridgehead atoms. The zero-order valence-electron chi connectivity index (χ0n) is 8.33. The molecule has 0 saturated carbocycles. The lowest BCUT2D eigenvalue weighted by molar-refractivity contribution is 1.12. The van der Waals surface area contributed by atoms with Crippen LogP contribution in [0.25, 0.3) is 11.2 Å². The van der Waals surface area contributed by atoms with Crippen molar-refractivity contribution in [1.29, 1.82) is 0 Å². The summed E-state index contributed by atoms with van der Waals surface area (Å²) in [6.45, 7) is 0. The number of nitrogens with zero attached hydrogens (tertiary/aromatic N) is 4. The molecule has 0 aliphatic heterocycles. The number of anilines is 2. The second kappa shape index (κ2) is 8.11. The fraction of sp³-hybridized carbons (Fsp3) is 0.143. The van der Waals surface area contributed by atoms with Crippen LogP contribution in [-0.2, 0) is 5.33 Å². The standard InChI is InChI=1S/C7H7BrN6.3BrH/c8-1-3-2-11-6-4(12-3)5(9)13-7(10)14-6;;;/h2H,1H2,(H4,9,10,11,13,14);3*1H. The van der Waals surface area contributed by atoms with E-state index in [1.165, 1.54) is 0 Å². The van der Waals surface area contributed by atoms with E-state index < -0.39 is 0 Å². The molecule has 0 aromatic carbocycles. The summed E-state index contributed by atoms with van der Waals surface area (Å²) < 4.78 is 0. The van der Waals surface area contributed by atoms with Crippen molar-refractivity contribution in [3.63, 3.8) is 0 Å². The normalized spacial score (nSPS) is 8.76. The third-order valence-corrected chi connectivity index (χ3v) is 2.21. The van der Waals surface area contributed by atoms with Gasteiger partial charge in [0.2, 0.25) is 5.95 Å². The predicted molar refractivity (Wildman–Crippen MR) is 87.5 cm³/mol. The molecule has 96 valence electrons. The Kier molecular flexibility index (Phi) is 9.20. The molecule has 6 nitrogen and oxygen atoms in total. The van der Waals surface area contributed by atoms with Crippen LogP contribution in [0.1, 0.15) is 5.69 Å². The number of hydrogen-bond donors (Lipinski definition) is 2. The van der Waals surface area contributed by atoms with Gasteiger partial charge >= 0.3 is 0 Å². The van der Waals surface area contributed by atoms with Gasteiger partial charge in [0.05, 0.1) is 11.9 Å². The molecular formula is C7H10Br4N6. The van der Waals surface area contributed by atoms with Crippen molar-refractivity contribution in [1.82, 2.24) is 19.9 Å². The predicted octanol–water partition coefficient (Wildman–Crippen LogP) is 2.21. The topological polar surface area (TPSA) is 104 Å². The van der Waals surface area contributed by atoms with Crippen LogP contribution < -0.4 is 11.5 Å². The van der Waals surface area contributed by atoms with Crippen LogP contribution in [-0.4, -0.2) is 19.9 Å².